The summed E-state index contributed by atoms with van der Waals surface area (Å²) in [7, 11) is -3.41. The first-order valence-electron chi connectivity index (χ1n) is 6.41. The topological polar surface area (TPSA) is 58.2 Å². The molecule has 0 aliphatic carbocycles. The van der Waals surface area contributed by atoms with Crippen LogP contribution in [0.25, 0.3) is 0 Å². The van der Waals surface area contributed by atoms with Crippen LogP contribution < -0.4 is 10.0 Å². The Morgan fingerprint density at radius 3 is 2.89 bits per heavy atom. The van der Waals surface area contributed by atoms with Gasteiger partial charge in [0.25, 0.3) is 0 Å². The monoisotopic (exact) mass is 300 g/mol. The van der Waals surface area contributed by atoms with Gasteiger partial charge in [0.05, 0.1) is 4.90 Å². The van der Waals surface area contributed by atoms with Crippen molar-refractivity contribution in [3.05, 3.63) is 24.3 Å². The Kier molecular flexibility index (Phi) is 4.89. The van der Waals surface area contributed by atoms with E-state index in [0.717, 1.165) is 24.3 Å². The van der Waals surface area contributed by atoms with Crippen molar-refractivity contribution >= 4 is 21.8 Å². The zero-order valence-corrected chi connectivity index (χ0v) is 12.9. The lowest BCUT2D eigenvalue weighted by Gasteiger charge is -2.28. The van der Waals surface area contributed by atoms with Crippen molar-refractivity contribution in [3.8, 4) is 0 Å². The molecule has 1 aliphatic rings. The lowest BCUT2D eigenvalue weighted by atomic mass is 10.0. The number of rotatable bonds is 4. The van der Waals surface area contributed by atoms with Crippen LogP contribution in [0.2, 0.25) is 0 Å². The molecule has 2 N–H and O–H groups in total. The van der Waals surface area contributed by atoms with E-state index in [2.05, 4.69) is 17.0 Å². The van der Waals surface area contributed by atoms with Crippen LogP contribution in [-0.2, 0) is 10.0 Å². The molecule has 4 nitrogen and oxygen atoms in total. The Morgan fingerprint density at radius 2 is 2.21 bits per heavy atom. The van der Waals surface area contributed by atoms with Gasteiger partial charge in [0.15, 0.2) is 0 Å². The van der Waals surface area contributed by atoms with Crippen molar-refractivity contribution in [2.45, 2.75) is 41.6 Å². The van der Waals surface area contributed by atoms with Crippen LogP contribution in [0.4, 0.5) is 0 Å². The predicted molar refractivity (Wildman–Crippen MR) is 79.0 cm³/mol. The molecule has 2 rings (SSSR count). The molecule has 1 aromatic rings. The highest BCUT2D eigenvalue weighted by Gasteiger charge is 2.24. The molecular formula is C13H20N2O2S2. The Bertz CT molecular complexity index is 531. The quantitative estimate of drug-likeness (QED) is 0.833. The maximum Gasteiger partial charge on any atom is 0.240 e. The van der Waals surface area contributed by atoms with Crippen LogP contribution in [0.3, 0.4) is 0 Å². The van der Waals surface area contributed by atoms with Crippen LogP contribution >= 0.6 is 11.8 Å². The molecule has 0 saturated carbocycles. The lowest BCUT2D eigenvalue weighted by Crippen LogP contribution is -2.46. The van der Waals surface area contributed by atoms with E-state index in [1.165, 1.54) is 0 Å². The first-order chi connectivity index (χ1) is 9.01. The second kappa shape index (κ2) is 6.26. The number of nitrogens with one attached hydrogen (secondary N) is 2. The highest BCUT2D eigenvalue weighted by molar-refractivity contribution is 7.98. The number of thioether (sulfide) groups is 1. The Morgan fingerprint density at radius 1 is 1.42 bits per heavy atom. The molecule has 0 bridgehead atoms. The number of piperidine rings is 1. The third kappa shape index (κ3) is 3.95. The Hall–Kier alpha value is -0.560. The fourth-order valence-electron chi connectivity index (χ4n) is 2.29. The molecule has 1 heterocycles. The molecule has 2 atom stereocenters. The molecule has 1 aliphatic heterocycles. The summed E-state index contributed by atoms with van der Waals surface area (Å²) in [5.41, 5.74) is 0. The summed E-state index contributed by atoms with van der Waals surface area (Å²) in [5, 5.41) is 3.32. The fourth-order valence-corrected chi connectivity index (χ4v) is 4.16. The van der Waals surface area contributed by atoms with Crippen LogP contribution in [0.1, 0.15) is 19.8 Å². The number of sulfonamides is 1. The second-order valence-electron chi connectivity index (χ2n) is 4.88. The largest absolute Gasteiger partial charge is 0.314 e. The van der Waals surface area contributed by atoms with Gasteiger partial charge in [0.1, 0.15) is 0 Å². The van der Waals surface area contributed by atoms with E-state index in [4.69, 9.17) is 0 Å². The van der Waals surface area contributed by atoms with Gasteiger partial charge in [-0.25, -0.2) is 13.1 Å². The van der Waals surface area contributed by atoms with Crippen molar-refractivity contribution in [2.24, 2.45) is 0 Å². The molecule has 1 aromatic carbocycles. The summed E-state index contributed by atoms with van der Waals surface area (Å²) in [6.07, 6.45) is 3.61. The molecule has 2 unspecified atom stereocenters. The summed E-state index contributed by atoms with van der Waals surface area (Å²) >= 11 is 1.54. The summed E-state index contributed by atoms with van der Waals surface area (Å²) < 4.78 is 27.5. The number of benzene rings is 1. The van der Waals surface area contributed by atoms with Crippen molar-refractivity contribution in [1.82, 2.24) is 10.0 Å². The van der Waals surface area contributed by atoms with E-state index in [0.29, 0.717) is 10.9 Å². The summed E-state index contributed by atoms with van der Waals surface area (Å²) in [4.78, 5) is 1.31. The molecule has 1 fully saturated rings. The van der Waals surface area contributed by atoms with Gasteiger partial charge in [0, 0.05) is 17.0 Å². The Balaban J connectivity index is 2.13. The minimum atomic E-state index is -3.41. The standard InChI is InChI=1S/C13H20N2O2S2/c1-10-8-11(6-7-14-10)15-19(16,17)13-5-3-4-12(9-13)18-2/h3-5,9-11,14-15H,6-8H2,1-2H3. The average Bonchev–Trinajstić information content (AvgIpc) is 2.38. The van der Waals surface area contributed by atoms with Crippen LogP contribution in [-0.4, -0.2) is 33.3 Å². The molecule has 0 amide bonds. The van der Waals surface area contributed by atoms with Crippen molar-refractivity contribution < 1.29 is 8.42 Å². The zero-order valence-electron chi connectivity index (χ0n) is 11.2. The van der Waals surface area contributed by atoms with Crippen molar-refractivity contribution in [1.29, 1.82) is 0 Å². The molecule has 6 heteroatoms. The molecule has 106 valence electrons. The summed E-state index contributed by atoms with van der Waals surface area (Å²) in [6.45, 7) is 2.94. The molecule has 0 radical (unpaired) electrons. The summed E-state index contributed by atoms with van der Waals surface area (Å²) in [5.74, 6) is 0. The van der Waals surface area contributed by atoms with E-state index in [9.17, 15) is 8.42 Å². The van der Waals surface area contributed by atoms with Gasteiger partial charge >= 0.3 is 0 Å². The zero-order chi connectivity index (χ0) is 13.9. The van der Waals surface area contributed by atoms with Gasteiger partial charge in [-0.05, 0) is 50.8 Å². The normalized spacial score (nSPS) is 24.3. The average molecular weight is 300 g/mol. The van der Waals surface area contributed by atoms with E-state index >= 15 is 0 Å². The molecule has 0 aromatic heterocycles. The minimum Gasteiger partial charge on any atom is -0.314 e. The van der Waals surface area contributed by atoms with Gasteiger partial charge in [-0.15, -0.1) is 11.8 Å². The van der Waals surface area contributed by atoms with Gasteiger partial charge in [-0.3, -0.25) is 0 Å². The van der Waals surface area contributed by atoms with E-state index in [1.807, 2.05) is 12.3 Å². The smallest absolute Gasteiger partial charge is 0.240 e. The highest BCUT2D eigenvalue weighted by Crippen LogP contribution is 2.20. The van der Waals surface area contributed by atoms with Crippen LogP contribution in [0, 0.1) is 0 Å². The van der Waals surface area contributed by atoms with Crippen molar-refractivity contribution in [2.75, 3.05) is 12.8 Å². The van der Waals surface area contributed by atoms with E-state index in [-0.39, 0.29) is 6.04 Å². The van der Waals surface area contributed by atoms with Crippen molar-refractivity contribution in [3.63, 3.8) is 0 Å². The first kappa shape index (κ1) is 14.8. The SMILES string of the molecule is CSc1cccc(S(=O)(=O)NC2CCNC(C)C2)c1. The van der Waals surface area contributed by atoms with Crippen LogP contribution in [0.5, 0.6) is 0 Å². The molecule has 19 heavy (non-hydrogen) atoms. The third-order valence-electron chi connectivity index (χ3n) is 3.30. The highest BCUT2D eigenvalue weighted by atomic mass is 32.2. The van der Waals surface area contributed by atoms with E-state index in [1.54, 1.807) is 30.0 Å². The minimum absolute atomic E-state index is 0.0270. The predicted octanol–water partition coefficient (Wildman–Crippen LogP) is 1.83. The third-order valence-corrected chi connectivity index (χ3v) is 5.54. The maximum atomic E-state index is 12.3. The number of hydrogen-bond acceptors (Lipinski definition) is 4. The number of hydrogen-bond donors (Lipinski definition) is 2. The van der Waals surface area contributed by atoms with Gasteiger partial charge in [-0.2, -0.15) is 0 Å². The van der Waals surface area contributed by atoms with Gasteiger partial charge in [0.2, 0.25) is 10.0 Å². The van der Waals surface area contributed by atoms with Gasteiger partial charge < -0.3 is 5.32 Å². The molecule has 1 saturated heterocycles. The second-order valence-corrected chi connectivity index (χ2v) is 7.47. The molecular weight excluding hydrogens is 280 g/mol. The van der Waals surface area contributed by atoms with E-state index < -0.39 is 10.0 Å². The lowest BCUT2D eigenvalue weighted by molar-refractivity contribution is 0.361. The maximum absolute atomic E-state index is 12.3. The molecule has 0 spiro atoms. The van der Waals surface area contributed by atoms with Crippen LogP contribution in [0.15, 0.2) is 34.1 Å². The first-order valence-corrected chi connectivity index (χ1v) is 9.12. The fraction of sp³-hybridized carbons (Fsp3) is 0.538. The summed E-state index contributed by atoms with van der Waals surface area (Å²) in [6, 6.07) is 7.45. The Labute approximate surface area is 119 Å². The van der Waals surface area contributed by atoms with Gasteiger partial charge in [-0.1, -0.05) is 6.07 Å².